The molecule has 1 aromatic heterocycles. The van der Waals surface area contributed by atoms with E-state index in [2.05, 4.69) is 20.0 Å². The average molecular weight is 462 g/mol. The van der Waals surface area contributed by atoms with Gasteiger partial charge in [-0.15, -0.1) is 24.0 Å². The van der Waals surface area contributed by atoms with Crippen molar-refractivity contribution >= 4 is 29.9 Å². The summed E-state index contributed by atoms with van der Waals surface area (Å²) in [6.45, 7) is -0.259. The summed E-state index contributed by atoms with van der Waals surface area (Å²) in [5.41, 5.74) is 8.25. The van der Waals surface area contributed by atoms with Gasteiger partial charge < -0.3 is 15.8 Å². The van der Waals surface area contributed by atoms with E-state index in [4.69, 9.17) is 5.73 Å². The molecule has 0 aliphatic rings. The van der Waals surface area contributed by atoms with Crippen molar-refractivity contribution in [2.45, 2.75) is 26.5 Å². The predicted octanol–water partition coefficient (Wildman–Crippen LogP) is 3.26. The maximum Gasteiger partial charge on any atom is 0.387 e. The van der Waals surface area contributed by atoms with Crippen LogP contribution in [-0.2, 0) is 13.0 Å². The third kappa shape index (κ3) is 7.63. The summed E-state index contributed by atoms with van der Waals surface area (Å²) in [6.07, 6.45) is 2.44. The number of ether oxygens (including phenoxy) is 1. The molecule has 136 valence electrons. The summed E-state index contributed by atoms with van der Waals surface area (Å²) in [6, 6.07) is 10.7. The van der Waals surface area contributed by atoms with E-state index in [9.17, 15) is 8.78 Å². The number of halogens is 3. The van der Waals surface area contributed by atoms with Gasteiger partial charge in [0.15, 0.2) is 5.96 Å². The fourth-order valence-corrected chi connectivity index (χ4v) is 2.13. The van der Waals surface area contributed by atoms with Crippen molar-refractivity contribution in [3.8, 4) is 5.75 Å². The number of hydrogen-bond acceptors (Lipinski definition) is 3. The maximum absolute atomic E-state index is 12.4. The predicted molar refractivity (Wildman–Crippen MR) is 104 cm³/mol. The molecule has 0 unspecified atom stereocenters. The van der Waals surface area contributed by atoms with Gasteiger partial charge in [-0.25, -0.2) is 4.99 Å². The van der Waals surface area contributed by atoms with Gasteiger partial charge >= 0.3 is 6.61 Å². The first-order valence-electron chi connectivity index (χ1n) is 7.52. The largest absolute Gasteiger partial charge is 0.434 e. The first-order chi connectivity index (χ1) is 11.5. The zero-order chi connectivity index (χ0) is 17.4. The van der Waals surface area contributed by atoms with E-state index in [-0.39, 0.29) is 42.2 Å². The summed E-state index contributed by atoms with van der Waals surface area (Å²) in [4.78, 5) is 8.38. The zero-order valence-electron chi connectivity index (χ0n) is 13.8. The number of pyridine rings is 1. The second kappa shape index (κ2) is 10.8. The van der Waals surface area contributed by atoms with Gasteiger partial charge in [0.1, 0.15) is 5.75 Å². The van der Waals surface area contributed by atoms with Crippen molar-refractivity contribution < 1.29 is 13.5 Å². The second-order valence-electron chi connectivity index (χ2n) is 5.19. The molecule has 0 atom stereocenters. The van der Waals surface area contributed by atoms with E-state index in [1.165, 1.54) is 6.07 Å². The van der Waals surface area contributed by atoms with Crippen LogP contribution in [-0.4, -0.2) is 24.1 Å². The van der Waals surface area contributed by atoms with E-state index < -0.39 is 6.61 Å². The Bertz CT molecular complexity index is 684. The molecule has 0 spiro atoms. The third-order valence-corrected chi connectivity index (χ3v) is 3.27. The number of aryl methyl sites for hydroxylation is 1. The number of benzene rings is 1. The van der Waals surface area contributed by atoms with E-state index >= 15 is 0 Å². The quantitative estimate of drug-likeness (QED) is 0.377. The Labute approximate surface area is 162 Å². The Balaban J connectivity index is 0.00000312. The van der Waals surface area contributed by atoms with E-state index in [1.807, 2.05) is 25.1 Å². The first kappa shape index (κ1) is 21.1. The summed E-state index contributed by atoms with van der Waals surface area (Å²) < 4.78 is 29.4. The van der Waals surface area contributed by atoms with Gasteiger partial charge in [-0.05, 0) is 25.1 Å². The number of alkyl halides is 2. The molecule has 1 heterocycles. The Morgan fingerprint density at radius 3 is 2.80 bits per heavy atom. The van der Waals surface area contributed by atoms with Gasteiger partial charge in [-0.2, -0.15) is 8.78 Å². The lowest BCUT2D eigenvalue weighted by Gasteiger charge is -2.11. The fourth-order valence-electron chi connectivity index (χ4n) is 2.13. The van der Waals surface area contributed by atoms with Gasteiger partial charge in [-0.1, -0.05) is 23.8 Å². The Morgan fingerprint density at radius 1 is 1.32 bits per heavy atom. The summed E-state index contributed by atoms with van der Waals surface area (Å²) in [5, 5.41) is 2.98. The smallest absolute Gasteiger partial charge is 0.387 e. The second-order valence-corrected chi connectivity index (χ2v) is 5.19. The van der Waals surface area contributed by atoms with Crippen LogP contribution >= 0.6 is 24.0 Å². The normalized spacial score (nSPS) is 11.1. The summed E-state index contributed by atoms with van der Waals surface area (Å²) in [7, 11) is 0. The van der Waals surface area contributed by atoms with Gasteiger partial charge in [0, 0.05) is 30.4 Å². The maximum atomic E-state index is 12.4. The standard InChI is InChI=1S/C17H20F2N4O.HI/c1-12-5-6-15(24-16(18)19)13(10-12)11-23-17(20)22-9-7-14-4-2-3-8-21-14;/h2-6,8,10,16H,7,9,11H2,1H3,(H3,20,22,23);1H. The number of guanidine groups is 1. The van der Waals surface area contributed by atoms with Crippen molar-refractivity contribution in [3.63, 3.8) is 0 Å². The van der Waals surface area contributed by atoms with Crippen LogP contribution in [0.1, 0.15) is 16.8 Å². The van der Waals surface area contributed by atoms with Crippen LogP contribution in [0, 0.1) is 6.92 Å². The molecule has 5 nitrogen and oxygen atoms in total. The van der Waals surface area contributed by atoms with Crippen molar-refractivity contribution in [2.24, 2.45) is 10.7 Å². The number of aromatic nitrogens is 1. The van der Waals surface area contributed by atoms with Crippen LogP contribution in [0.25, 0.3) is 0 Å². The highest BCUT2D eigenvalue weighted by molar-refractivity contribution is 14.0. The molecule has 0 aliphatic carbocycles. The molecule has 0 aliphatic heterocycles. The zero-order valence-corrected chi connectivity index (χ0v) is 16.1. The highest BCUT2D eigenvalue weighted by Gasteiger charge is 2.09. The lowest BCUT2D eigenvalue weighted by atomic mass is 10.1. The summed E-state index contributed by atoms with van der Waals surface area (Å²) in [5.74, 6) is 0.357. The highest BCUT2D eigenvalue weighted by atomic mass is 127. The fraction of sp³-hybridized carbons (Fsp3) is 0.294. The van der Waals surface area contributed by atoms with Crippen LogP contribution in [0.4, 0.5) is 8.78 Å². The van der Waals surface area contributed by atoms with Crippen LogP contribution in [0.2, 0.25) is 0 Å². The average Bonchev–Trinajstić information content (AvgIpc) is 2.55. The molecule has 0 fully saturated rings. The summed E-state index contributed by atoms with van der Waals surface area (Å²) >= 11 is 0. The van der Waals surface area contributed by atoms with E-state index in [0.29, 0.717) is 18.5 Å². The third-order valence-electron chi connectivity index (χ3n) is 3.27. The first-order valence-corrected chi connectivity index (χ1v) is 7.52. The lowest BCUT2D eigenvalue weighted by Crippen LogP contribution is -2.33. The van der Waals surface area contributed by atoms with Crippen LogP contribution in [0.3, 0.4) is 0 Å². The minimum Gasteiger partial charge on any atom is -0.434 e. The molecule has 0 saturated heterocycles. The van der Waals surface area contributed by atoms with E-state index in [0.717, 1.165) is 11.3 Å². The van der Waals surface area contributed by atoms with Crippen LogP contribution in [0.15, 0.2) is 47.6 Å². The minimum atomic E-state index is -2.87. The van der Waals surface area contributed by atoms with Crippen LogP contribution in [0.5, 0.6) is 5.75 Å². The number of rotatable bonds is 7. The molecule has 3 N–H and O–H groups in total. The number of nitrogens with one attached hydrogen (secondary N) is 1. The van der Waals surface area contributed by atoms with E-state index in [1.54, 1.807) is 18.3 Å². The molecule has 1 aromatic carbocycles. The Morgan fingerprint density at radius 2 is 2.12 bits per heavy atom. The number of nitrogens with zero attached hydrogens (tertiary/aromatic N) is 2. The molecule has 8 heteroatoms. The van der Waals surface area contributed by atoms with Gasteiger partial charge in [-0.3, -0.25) is 4.98 Å². The van der Waals surface area contributed by atoms with Gasteiger partial charge in [0.2, 0.25) is 0 Å². The van der Waals surface area contributed by atoms with Crippen molar-refractivity contribution in [1.82, 2.24) is 10.3 Å². The molecule has 2 aromatic rings. The molecule has 0 saturated carbocycles. The monoisotopic (exact) mass is 462 g/mol. The Kier molecular flexibility index (Phi) is 9.11. The topological polar surface area (TPSA) is 72.5 Å². The van der Waals surface area contributed by atoms with Crippen molar-refractivity contribution in [2.75, 3.05) is 6.54 Å². The lowest BCUT2D eigenvalue weighted by molar-refractivity contribution is -0.0504. The number of hydrogen-bond donors (Lipinski definition) is 2. The molecular formula is C17H21F2IN4O. The number of aliphatic imine (C=N–C) groups is 1. The minimum absolute atomic E-state index is 0. The SMILES string of the molecule is Cc1ccc(OC(F)F)c(CN=C(N)NCCc2ccccn2)c1.I. The van der Waals surface area contributed by atoms with Gasteiger partial charge in [0.25, 0.3) is 0 Å². The molecule has 2 rings (SSSR count). The number of nitrogens with two attached hydrogens (primary N) is 1. The van der Waals surface area contributed by atoms with Crippen molar-refractivity contribution in [3.05, 3.63) is 59.4 Å². The van der Waals surface area contributed by atoms with Crippen molar-refractivity contribution in [1.29, 1.82) is 0 Å². The molecular weight excluding hydrogens is 441 g/mol. The van der Waals surface area contributed by atoms with Crippen LogP contribution < -0.4 is 15.8 Å². The molecule has 0 radical (unpaired) electrons. The molecule has 25 heavy (non-hydrogen) atoms. The highest BCUT2D eigenvalue weighted by Crippen LogP contribution is 2.22. The Hall–Kier alpha value is -1.97. The molecule has 0 amide bonds. The van der Waals surface area contributed by atoms with Gasteiger partial charge in [0.05, 0.1) is 6.54 Å². The molecule has 0 bridgehead atoms.